The molecule has 0 aliphatic carbocycles. The van der Waals surface area contributed by atoms with Gasteiger partial charge in [0.1, 0.15) is 22.6 Å². The molecule has 4 heteroatoms. The fourth-order valence-electron chi connectivity index (χ4n) is 7.95. The second-order valence-electron chi connectivity index (χ2n) is 13.6. The van der Waals surface area contributed by atoms with Gasteiger partial charge in [0.2, 0.25) is 0 Å². The minimum atomic E-state index is 0.744. The zero-order valence-corrected chi connectivity index (χ0v) is 29.8. The lowest BCUT2D eigenvalue weighted by Gasteiger charge is -2.23. The van der Waals surface area contributed by atoms with Crippen molar-refractivity contribution in [1.29, 1.82) is 0 Å². The summed E-state index contributed by atoms with van der Waals surface area (Å²) in [6.45, 7) is 0. The lowest BCUT2D eigenvalue weighted by molar-refractivity contribution is 0.669. The third-order valence-corrected chi connectivity index (χ3v) is 10.4. The van der Waals surface area contributed by atoms with Gasteiger partial charge in [0.05, 0.1) is 0 Å². The minimum Gasteiger partial charge on any atom is -0.456 e. The van der Waals surface area contributed by atoms with Crippen molar-refractivity contribution in [3.8, 4) is 78.1 Å². The van der Waals surface area contributed by atoms with Gasteiger partial charge >= 0.3 is 0 Å². The number of para-hydroxylation sites is 1. The van der Waals surface area contributed by atoms with Crippen LogP contribution in [0.3, 0.4) is 0 Å². The number of furan rings is 1. The van der Waals surface area contributed by atoms with Crippen LogP contribution in [0.2, 0.25) is 0 Å². The number of nitrogens with zero attached hydrogens (tertiary/aromatic N) is 3. The van der Waals surface area contributed by atoms with Crippen LogP contribution in [0.1, 0.15) is 0 Å². The Hall–Kier alpha value is -7.43. The van der Waals surface area contributed by atoms with Crippen LogP contribution in [-0.2, 0) is 0 Å². The molecule has 8 aromatic carbocycles. The van der Waals surface area contributed by atoms with Crippen LogP contribution < -0.4 is 0 Å². The maximum absolute atomic E-state index is 6.52. The number of benzene rings is 8. The van der Waals surface area contributed by atoms with Crippen molar-refractivity contribution >= 4 is 21.9 Å². The van der Waals surface area contributed by atoms with Crippen LogP contribution in [0.5, 0.6) is 0 Å². The molecule has 0 aliphatic heterocycles. The lowest BCUT2D eigenvalue weighted by atomic mass is 9.80. The summed E-state index contributed by atoms with van der Waals surface area (Å²) in [7, 11) is 0. The predicted octanol–water partition coefficient (Wildman–Crippen LogP) is 13.4. The highest BCUT2D eigenvalue weighted by Gasteiger charge is 2.28. The molecule has 258 valence electrons. The second kappa shape index (κ2) is 13.8. The Morgan fingerprint density at radius 2 is 0.764 bits per heavy atom. The molecular formula is C51H33N3O. The van der Waals surface area contributed by atoms with Crippen molar-refractivity contribution in [2.75, 3.05) is 0 Å². The maximum atomic E-state index is 6.52. The van der Waals surface area contributed by atoms with Crippen LogP contribution in [0.15, 0.2) is 205 Å². The molecule has 0 unspecified atom stereocenters. The summed E-state index contributed by atoms with van der Waals surface area (Å²) < 4.78 is 6.52. The van der Waals surface area contributed by atoms with Crippen molar-refractivity contribution in [2.45, 2.75) is 0 Å². The van der Waals surface area contributed by atoms with E-state index in [2.05, 4.69) is 175 Å². The predicted molar refractivity (Wildman–Crippen MR) is 225 cm³/mol. The first-order chi connectivity index (χ1) is 27.3. The number of hydrogen-bond donors (Lipinski definition) is 0. The molecule has 0 amide bonds. The lowest BCUT2D eigenvalue weighted by Crippen LogP contribution is -2.04. The number of fused-ring (bicyclic) bond motifs is 3. The molecule has 0 atom stereocenters. The Bertz CT molecular complexity index is 2960. The van der Waals surface area contributed by atoms with Gasteiger partial charge in [-0.15, -0.1) is 10.2 Å². The highest BCUT2D eigenvalue weighted by molar-refractivity contribution is 6.17. The van der Waals surface area contributed by atoms with E-state index in [4.69, 9.17) is 14.6 Å². The van der Waals surface area contributed by atoms with Crippen LogP contribution in [0.4, 0.5) is 0 Å². The molecule has 0 saturated carbocycles. The van der Waals surface area contributed by atoms with E-state index < -0.39 is 0 Å². The third kappa shape index (κ3) is 5.68. The van der Waals surface area contributed by atoms with E-state index in [1.807, 2.05) is 30.3 Å². The van der Waals surface area contributed by atoms with Crippen LogP contribution in [-0.4, -0.2) is 15.4 Å². The standard InChI is InChI=1S/C51H33N3O/c1-5-18-34(19-6-1)38-26-13-14-27-41(38)49-50(37-24-11-4-12-25-37)52-54-53-51(49)48-40(36-22-9-3-10-23-36)33-32-39(35-20-7-2-8-21-35)47(48)43-29-17-31-45-46(43)42-28-15-16-30-44(42)55-45/h1-33H. The van der Waals surface area contributed by atoms with E-state index in [1.54, 1.807) is 0 Å². The Kier molecular flexibility index (Phi) is 8.12. The summed E-state index contributed by atoms with van der Waals surface area (Å²) in [6.07, 6.45) is 0. The zero-order chi connectivity index (χ0) is 36.6. The smallest absolute Gasteiger partial charge is 0.136 e. The fourth-order valence-corrected chi connectivity index (χ4v) is 7.95. The molecule has 0 bridgehead atoms. The maximum Gasteiger partial charge on any atom is 0.136 e. The number of aromatic nitrogens is 3. The molecule has 4 nitrogen and oxygen atoms in total. The molecule has 0 N–H and O–H groups in total. The van der Waals surface area contributed by atoms with Crippen LogP contribution in [0.25, 0.3) is 100 Å². The van der Waals surface area contributed by atoms with Gasteiger partial charge in [0.15, 0.2) is 0 Å². The average molecular weight is 704 g/mol. The Balaban J connectivity index is 1.42. The summed E-state index contributed by atoms with van der Waals surface area (Å²) in [5.74, 6) is 0. The summed E-state index contributed by atoms with van der Waals surface area (Å²) in [5, 5.41) is 16.6. The van der Waals surface area contributed by atoms with E-state index >= 15 is 0 Å². The van der Waals surface area contributed by atoms with Gasteiger partial charge in [-0.25, -0.2) is 0 Å². The van der Waals surface area contributed by atoms with Gasteiger partial charge in [0.25, 0.3) is 0 Å². The summed E-state index contributed by atoms with van der Waals surface area (Å²) in [4.78, 5) is 0. The Morgan fingerprint density at radius 3 is 1.42 bits per heavy atom. The monoisotopic (exact) mass is 703 g/mol. The molecule has 55 heavy (non-hydrogen) atoms. The van der Waals surface area contributed by atoms with E-state index in [9.17, 15) is 0 Å². The zero-order valence-electron chi connectivity index (χ0n) is 29.8. The Morgan fingerprint density at radius 1 is 0.291 bits per heavy atom. The van der Waals surface area contributed by atoms with Crippen molar-refractivity contribution in [1.82, 2.24) is 15.4 Å². The van der Waals surface area contributed by atoms with Crippen LogP contribution in [0, 0.1) is 0 Å². The van der Waals surface area contributed by atoms with Crippen molar-refractivity contribution < 1.29 is 4.42 Å². The third-order valence-electron chi connectivity index (χ3n) is 10.4. The quantitative estimate of drug-likeness (QED) is 0.166. The molecule has 10 aromatic rings. The van der Waals surface area contributed by atoms with Gasteiger partial charge in [0, 0.05) is 33.0 Å². The summed E-state index contributed by atoms with van der Waals surface area (Å²) in [6, 6.07) is 69.7. The fraction of sp³-hybridized carbons (Fsp3) is 0. The molecule has 0 saturated heterocycles. The molecule has 10 rings (SSSR count). The van der Waals surface area contributed by atoms with E-state index in [1.165, 1.54) is 0 Å². The van der Waals surface area contributed by atoms with Gasteiger partial charge in [-0.05, 0) is 61.9 Å². The first kappa shape index (κ1) is 32.2. The van der Waals surface area contributed by atoms with E-state index in [0.29, 0.717) is 0 Å². The van der Waals surface area contributed by atoms with Crippen molar-refractivity contribution in [3.63, 3.8) is 0 Å². The van der Waals surface area contributed by atoms with E-state index in [-0.39, 0.29) is 0 Å². The normalized spacial score (nSPS) is 11.3. The molecular weight excluding hydrogens is 671 g/mol. The van der Waals surface area contributed by atoms with Gasteiger partial charge < -0.3 is 4.42 Å². The molecule has 2 aromatic heterocycles. The summed E-state index contributed by atoms with van der Waals surface area (Å²) >= 11 is 0. The molecule has 0 spiro atoms. The van der Waals surface area contributed by atoms with E-state index in [0.717, 1.165) is 100 Å². The largest absolute Gasteiger partial charge is 0.456 e. The highest BCUT2D eigenvalue weighted by Crippen LogP contribution is 2.51. The minimum absolute atomic E-state index is 0.744. The molecule has 2 heterocycles. The first-order valence-electron chi connectivity index (χ1n) is 18.5. The molecule has 0 aliphatic rings. The second-order valence-corrected chi connectivity index (χ2v) is 13.6. The van der Waals surface area contributed by atoms with Crippen molar-refractivity contribution in [2.24, 2.45) is 0 Å². The van der Waals surface area contributed by atoms with Gasteiger partial charge in [-0.3, -0.25) is 0 Å². The average Bonchev–Trinajstić information content (AvgIpc) is 3.66. The van der Waals surface area contributed by atoms with Crippen LogP contribution >= 0.6 is 0 Å². The first-order valence-corrected chi connectivity index (χ1v) is 18.5. The SMILES string of the molecule is c1ccc(-c2ccccc2-c2c(-c3ccccc3)nnnc2-c2c(-c3ccccc3)ccc(-c3ccccc3)c2-c2cccc3oc4ccccc4c23)cc1. The topological polar surface area (TPSA) is 51.8 Å². The molecule has 0 fully saturated rings. The number of rotatable bonds is 7. The Labute approximate surface area is 319 Å². The van der Waals surface area contributed by atoms with Gasteiger partial charge in [-0.1, -0.05) is 188 Å². The van der Waals surface area contributed by atoms with Crippen molar-refractivity contribution in [3.05, 3.63) is 200 Å². The summed E-state index contributed by atoms with van der Waals surface area (Å²) in [5.41, 5.74) is 15.6. The van der Waals surface area contributed by atoms with Gasteiger partial charge in [-0.2, -0.15) is 0 Å². The highest BCUT2D eigenvalue weighted by atomic mass is 16.3. The number of hydrogen-bond acceptors (Lipinski definition) is 4. The molecule has 0 radical (unpaired) electrons.